The van der Waals surface area contributed by atoms with Crippen LogP contribution in [-0.4, -0.2) is 34.5 Å². The molecule has 51 heavy (non-hydrogen) atoms. The van der Waals surface area contributed by atoms with E-state index < -0.39 is 0 Å². The number of pyridine rings is 3. The molecule has 0 fully saturated rings. The van der Waals surface area contributed by atoms with Gasteiger partial charge in [0.1, 0.15) is 0 Å². The molecule has 5 aromatic carbocycles. The number of hydrogen-bond acceptors (Lipinski definition) is 6. The number of benzene rings is 5. The maximum absolute atomic E-state index is 5.31. The van der Waals surface area contributed by atoms with E-state index in [4.69, 9.17) is 19.9 Å². The van der Waals surface area contributed by atoms with Crippen LogP contribution in [-0.2, 0) is 0 Å². The number of nitrogens with zero attached hydrogens (tertiary/aromatic N) is 7. The van der Waals surface area contributed by atoms with E-state index in [1.165, 1.54) is 21.7 Å². The van der Waals surface area contributed by atoms with Crippen LogP contribution in [0.3, 0.4) is 0 Å². The van der Waals surface area contributed by atoms with Crippen LogP contribution >= 0.6 is 0 Å². The van der Waals surface area contributed by atoms with Crippen LogP contribution in [0.5, 0.6) is 0 Å². The lowest BCUT2D eigenvalue weighted by Gasteiger charge is -2.13. The van der Waals surface area contributed by atoms with Gasteiger partial charge in [-0.3, -0.25) is 9.97 Å². The van der Waals surface area contributed by atoms with Gasteiger partial charge in [0.2, 0.25) is 0 Å². The number of rotatable bonds is 5. The average molecular weight is 654 g/mol. The Morgan fingerprint density at radius 3 is 1.75 bits per heavy atom. The summed E-state index contributed by atoms with van der Waals surface area (Å²) in [5.41, 5.74) is 8.73. The van der Waals surface area contributed by atoms with E-state index in [0.29, 0.717) is 17.5 Å². The van der Waals surface area contributed by atoms with Gasteiger partial charge < -0.3 is 4.57 Å². The number of para-hydroxylation sites is 3. The topological polar surface area (TPSA) is 82.3 Å². The Morgan fingerprint density at radius 1 is 0.392 bits per heavy atom. The molecule has 7 nitrogen and oxygen atoms in total. The molecule has 238 valence electrons. The van der Waals surface area contributed by atoms with Crippen LogP contribution in [0.2, 0.25) is 0 Å². The van der Waals surface area contributed by atoms with Crippen molar-refractivity contribution in [2.45, 2.75) is 0 Å². The van der Waals surface area contributed by atoms with Crippen molar-refractivity contribution in [3.63, 3.8) is 0 Å². The highest BCUT2D eigenvalue weighted by Gasteiger charge is 2.20. The van der Waals surface area contributed by atoms with E-state index in [1.807, 2.05) is 36.4 Å². The van der Waals surface area contributed by atoms with Crippen molar-refractivity contribution >= 4 is 43.5 Å². The summed E-state index contributed by atoms with van der Waals surface area (Å²) in [7, 11) is 0. The summed E-state index contributed by atoms with van der Waals surface area (Å²) in [6.07, 6.45) is 7.02. The molecule has 0 aliphatic rings. The molecule has 0 saturated carbocycles. The van der Waals surface area contributed by atoms with Gasteiger partial charge in [-0.05, 0) is 60.7 Å². The molecule has 0 N–H and O–H groups in total. The largest absolute Gasteiger partial charge is 0.309 e. The molecule has 0 aliphatic heterocycles. The highest BCUT2D eigenvalue weighted by atomic mass is 15.0. The molecule has 5 aromatic heterocycles. The van der Waals surface area contributed by atoms with Crippen molar-refractivity contribution in [3.05, 3.63) is 164 Å². The molecule has 0 saturated heterocycles. The first-order valence-electron chi connectivity index (χ1n) is 16.8. The van der Waals surface area contributed by atoms with Crippen LogP contribution in [0.15, 0.2) is 164 Å². The second-order valence-corrected chi connectivity index (χ2v) is 12.4. The second kappa shape index (κ2) is 11.8. The highest BCUT2D eigenvalue weighted by molar-refractivity contribution is 6.29. The second-order valence-electron chi connectivity index (χ2n) is 12.4. The molecule has 0 radical (unpaired) electrons. The fourth-order valence-corrected chi connectivity index (χ4v) is 7.13. The normalized spacial score (nSPS) is 11.5. The molecular weight excluding hydrogens is 627 g/mol. The lowest BCUT2D eigenvalue weighted by molar-refractivity contribution is 1.07. The zero-order chi connectivity index (χ0) is 33.7. The summed E-state index contributed by atoms with van der Waals surface area (Å²) in [5, 5.41) is 5.80. The third-order valence-electron chi connectivity index (χ3n) is 9.38. The molecule has 0 unspecified atom stereocenters. The monoisotopic (exact) mass is 653 g/mol. The first-order valence-corrected chi connectivity index (χ1v) is 16.8. The molecule has 7 heteroatoms. The van der Waals surface area contributed by atoms with Gasteiger partial charge in [-0.25, -0.2) is 19.9 Å². The Balaban J connectivity index is 1.22. The van der Waals surface area contributed by atoms with Crippen LogP contribution in [0.25, 0.3) is 94.6 Å². The molecule has 0 bridgehead atoms. The van der Waals surface area contributed by atoms with Gasteiger partial charge in [-0.2, -0.15) is 0 Å². The van der Waals surface area contributed by atoms with Crippen molar-refractivity contribution in [2.75, 3.05) is 0 Å². The van der Waals surface area contributed by atoms with Crippen molar-refractivity contribution in [2.24, 2.45) is 0 Å². The molecule has 0 aliphatic carbocycles. The predicted molar refractivity (Wildman–Crippen MR) is 204 cm³/mol. The van der Waals surface area contributed by atoms with Gasteiger partial charge in [0.05, 0.1) is 22.2 Å². The molecule has 10 rings (SSSR count). The Morgan fingerprint density at radius 2 is 1.02 bits per heavy atom. The van der Waals surface area contributed by atoms with E-state index in [-0.39, 0.29) is 0 Å². The van der Waals surface area contributed by atoms with E-state index in [2.05, 4.69) is 118 Å². The summed E-state index contributed by atoms with van der Waals surface area (Å²) in [5.74, 6) is 1.65. The fourth-order valence-electron chi connectivity index (χ4n) is 7.13. The molecule has 0 amide bonds. The van der Waals surface area contributed by atoms with Gasteiger partial charge in [0.15, 0.2) is 17.5 Å². The zero-order valence-corrected chi connectivity index (χ0v) is 27.2. The van der Waals surface area contributed by atoms with Crippen LogP contribution in [0.1, 0.15) is 0 Å². The standard InChI is InChI=1S/C44H27N7/c1-2-15-32(16-3-1)51-37-20-7-5-18-34(37)40-38(51)22-21-35-39(40)33-17-4-6-19-36(33)47-41(35)28-11-8-12-29(25-28)42-48-43(30-13-9-23-45-26-30)50-44(49-42)31-14-10-24-46-27-31/h1-27H. The summed E-state index contributed by atoms with van der Waals surface area (Å²) in [6, 6.07) is 48.1. The molecule has 0 atom stereocenters. The maximum Gasteiger partial charge on any atom is 0.165 e. The van der Waals surface area contributed by atoms with Gasteiger partial charge in [-0.1, -0.05) is 78.9 Å². The van der Waals surface area contributed by atoms with E-state index in [9.17, 15) is 0 Å². The number of hydrogen-bond donors (Lipinski definition) is 0. The van der Waals surface area contributed by atoms with Gasteiger partial charge in [-0.15, -0.1) is 0 Å². The Kier molecular flexibility index (Phi) is 6.67. The minimum atomic E-state index is 0.545. The van der Waals surface area contributed by atoms with E-state index in [1.54, 1.807) is 24.8 Å². The van der Waals surface area contributed by atoms with Crippen molar-refractivity contribution in [1.29, 1.82) is 0 Å². The van der Waals surface area contributed by atoms with Gasteiger partial charge >= 0.3 is 0 Å². The smallest absolute Gasteiger partial charge is 0.165 e. The predicted octanol–water partition coefficient (Wildman–Crippen LogP) is 10.1. The highest BCUT2D eigenvalue weighted by Crippen LogP contribution is 2.42. The van der Waals surface area contributed by atoms with E-state index >= 15 is 0 Å². The minimum Gasteiger partial charge on any atom is -0.309 e. The van der Waals surface area contributed by atoms with Crippen molar-refractivity contribution < 1.29 is 0 Å². The molecular formula is C44H27N7. The summed E-state index contributed by atoms with van der Waals surface area (Å²) >= 11 is 0. The fraction of sp³-hybridized carbons (Fsp3) is 0. The molecule has 0 spiro atoms. The summed E-state index contributed by atoms with van der Waals surface area (Å²) < 4.78 is 2.36. The van der Waals surface area contributed by atoms with Gasteiger partial charge in [0.25, 0.3) is 0 Å². The Hall–Kier alpha value is -7.12. The SMILES string of the molecule is c1ccc(-n2c3ccccc3c3c4c(ccc32)c(-c2cccc(-c3nc(-c5cccnc5)nc(-c5cccnc5)n3)c2)nc2ccccc24)cc1. The summed E-state index contributed by atoms with van der Waals surface area (Å²) in [6.45, 7) is 0. The third kappa shape index (κ3) is 4.82. The van der Waals surface area contributed by atoms with Crippen molar-refractivity contribution in [1.82, 2.24) is 34.5 Å². The number of fused-ring (bicyclic) bond motifs is 7. The number of aromatic nitrogens is 7. The van der Waals surface area contributed by atoms with E-state index in [0.717, 1.165) is 55.4 Å². The van der Waals surface area contributed by atoms with Crippen LogP contribution in [0.4, 0.5) is 0 Å². The third-order valence-corrected chi connectivity index (χ3v) is 9.38. The lowest BCUT2D eigenvalue weighted by Crippen LogP contribution is -2.00. The first kappa shape index (κ1) is 28.9. The first-order chi connectivity index (χ1) is 25.3. The minimum absolute atomic E-state index is 0.545. The average Bonchev–Trinajstić information content (AvgIpc) is 3.56. The molecule has 10 aromatic rings. The maximum atomic E-state index is 5.31. The lowest BCUT2D eigenvalue weighted by atomic mass is 9.95. The van der Waals surface area contributed by atoms with Gasteiger partial charge in [0, 0.05) is 79.7 Å². The summed E-state index contributed by atoms with van der Waals surface area (Å²) in [4.78, 5) is 28.6. The Labute approximate surface area is 292 Å². The molecule has 5 heterocycles. The Bertz CT molecular complexity index is 2850. The zero-order valence-electron chi connectivity index (χ0n) is 27.2. The van der Waals surface area contributed by atoms with Crippen LogP contribution in [0, 0.1) is 0 Å². The quantitative estimate of drug-likeness (QED) is 0.172. The van der Waals surface area contributed by atoms with Crippen molar-refractivity contribution in [3.8, 4) is 51.1 Å². The van der Waals surface area contributed by atoms with Crippen LogP contribution < -0.4 is 0 Å².